The van der Waals surface area contributed by atoms with Gasteiger partial charge in [-0.25, -0.2) is 14.2 Å². The summed E-state index contributed by atoms with van der Waals surface area (Å²) in [5.74, 6) is -1.12. The third kappa shape index (κ3) is 2.08. The van der Waals surface area contributed by atoms with Gasteiger partial charge in [-0.2, -0.15) is 0 Å². The van der Waals surface area contributed by atoms with Crippen molar-refractivity contribution in [3.8, 4) is 11.4 Å². The summed E-state index contributed by atoms with van der Waals surface area (Å²) in [5.41, 5.74) is 0.437. The molecule has 0 amide bonds. The first-order valence-corrected chi connectivity index (χ1v) is 5.51. The Balaban J connectivity index is 2.61. The van der Waals surface area contributed by atoms with Crippen LogP contribution in [-0.2, 0) is 7.05 Å². The molecule has 1 heterocycles. The fourth-order valence-corrected chi connectivity index (χ4v) is 1.93. The second-order valence-corrected chi connectivity index (χ2v) is 4.20. The van der Waals surface area contributed by atoms with Gasteiger partial charge in [0.2, 0.25) is 0 Å². The Morgan fingerprint density at radius 1 is 1.53 bits per heavy atom. The normalized spacial score (nSPS) is 10.5. The van der Waals surface area contributed by atoms with Crippen LogP contribution in [0.1, 0.15) is 10.5 Å². The molecule has 1 aromatic heterocycles. The Hall–Kier alpha value is -1.69. The van der Waals surface area contributed by atoms with E-state index in [-0.39, 0.29) is 5.69 Å². The Bertz CT molecular complexity index is 595. The van der Waals surface area contributed by atoms with E-state index in [9.17, 15) is 9.18 Å². The van der Waals surface area contributed by atoms with Gasteiger partial charge in [-0.05, 0) is 28.1 Å². The number of carbonyl (C=O) groups is 1. The molecule has 0 aliphatic rings. The van der Waals surface area contributed by atoms with Gasteiger partial charge in [-0.15, -0.1) is 0 Å². The molecular formula is C11H8BrFN2O2. The van der Waals surface area contributed by atoms with E-state index in [1.807, 2.05) is 0 Å². The maximum absolute atomic E-state index is 13.1. The summed E-state index contributed by atoms with van der Waals surface area (Å²) in [7, 11) is 1.66. The number of carboxylic acids is 1. The van der Waals surface area contributed by atoms with Gasteiger partial charge in [0.05, 0.1) is 0 Å². The summed E-state index contributed by atoms with van der Waals surface area (Å²) in [6.07, 6.45) is 0. The van der Waals surface area contributed by atoms with Crippen LogP contribution < -0.4 is 0 Å². The van der Waals surface area contributed by atoms with E-state index >= 15 is 0 Å². The van der Waals surface area contributed by atoms with Gasteiger partial charge in [0.15, 0.2) is 5.69 Å². The topological polar surface area (TPSA) is 55.1 Å². The lowest BCUT2D eigenvalue weighted by Crippen LogP contribution is -1.97. The molecule has 0 radical (unpaired) electrons. The average molecular weight is 299 g/mol. The van der Waals surface area contributed by atoms with E-state index in [4.69, 9.17) is 5.11 Å². The highest BCUT2D eigenvalue weighted by Gasteiger charge is 2.19. The van der Waals surface area contributed by atoms with Crippen molar-refractivity contribution in [2.75, 3.05) is 0 Å². The van der Waals surface area contributed by atoms with Gasteiger partial charge in [0, 0.05) is 12.6 Å². The van der Waals surface area contributed by atoms with E-state index in [0.717, 1.165) is 0 Å². The number of rotatable bonds is 2. The summed E-state index contributed by atoms with van der Waals surface area (Å²) >= 11 is 3.14. The summed E-state index contributed by atoms with van der Waals surface area (Å²) in [6, 6.07) is 5.84. The molecule has 17 heavy (non-hydrogen) atoms. The van der Waals surface area contributed by atoms with Crippen molar-refractivity contribution >= 4 is 21.9 Å². The summed E-state index contributed by atoms with van der Waals surface area (Å²) in [5, 5.41) is 8.93. The summed E-state index contributed by atoms with van der Waals surface area (Å²) in [6.45, 7) is 0. The van der Waals surface area contributed by atoms with Gasteiger partial charge in [-0.1, -0.05) is 12.1 Å². The van der Waals surface area contributed by atoms with Crippen LogP contribution in [-0.4, -0.2) is 20.6 Å². The molecule has 0 aliphatic carbocycles. The SMILES string of the molecule is Cn1c(-c2cccc(F)c2)nc(C(=O)O)c1Br. The molecule has 0 saturated carbocycles. The smallest absolute Gasteiger partial charge is 0.357 e. The largest absolute Gasteiger partial charge is 0.476 e. The first-order valence-electron chi connectivity index (χ1n) is 4.72. The number of nitrogens with zero attached hydrogens (tertiary/aromatic N) is 2. The van der Waals surface area contributed by atoms with Gasteiger partial charge < -0.3 is 9.67 Å². The predicted octanol–water partition coefficient (Wildman–Crippen LogP) is 2.69. The molecular weight excluding hydrogens is 291 g/mol. The minimum atomic E-state index is -1.13. The molecule has 0 atom stereocenters. The third-order valence-electron chi connectivity index (χ3n) is 2.31. The molecule has 6 heteroatoms. The van der Waals surface area contributed by atoms with Crippen molar-refractivity contribution in [2.45, 2.75) is 0 Å². The minimum absolute atomic E-state index is 0.0910. The van der Waals surface area contributed by atoms with Crippen LogP contribution in [0.3, 0.4) is 0 Å². The van der Waals surface area contributed by atoms with Crippen molar-refractivity contribution in [2.24, 2.45) is 7.05 Å². The van der Waals surface area contributed by atoms with Crippen LogP contribution >= 0.6 is 15.9 Å². The molecule has 0 spiro atoms. The van der Waals surface area contributed by atoms with Crippen molar-refractivity contribution in [1.82, 2.24) is 9.55 Å². The molecule has 0 bridgehead atoms. The quantitative estimate of drug-likeness (QED) is 0.927. The molecule has 0 fully saturated rings. The molecule has 2 rings (SSSR count). The monoisotopic (exact) mass is 298 g/mol. The van der Waals surface area contributed by atoms with Crippen LogP contribution in [0.4, 0.5) is 4.39 Å². The first-order chi connectivity index (χ1) is 8.00. The molecule has 0 unspecified atom stereocenters. The standard InChI is InChI=1S/C11H8BrFN2O2/c1-15-9(12)8(11(16)17)14-10(15)6-3-2-4-7(13)5-6/h2-5H,1H3,(H,16,17). The van der Waals surface area contributed by atoms with Gasteiger partial charge in [0.1, 0.15) is 16.2 Å². The number of aromatic nitrogens is 2. The minimum Gasteiger partial charge on any atom is -0.476 e. The highest BCUT2D eigenvalue weighted by Crippen LogP contribution is 2.25. The molecule has 4 nitrogen and oxygen atoms in total. The lowest BCUT2D eigenvalue weighted by Gasteiger charge is -2.02. The molecule has 0 saturated heterocycles. The van der Waals surface area contributed by atoms with Crippen LogP contribution in [0.5, 0.6) is 0 Å². The highest BCUT2D eigenvalue weighted by molar-refractivity contribution is 9.10. The van der Waals surface area contributed by atoms with E-state index in [1.165, 1.54) is 12.1 Å². The van der Waals surface area contributed by atoms with E-state index in [2.05, 4.69) is 20.9 Å². The number of imidazole rings is 1. The molecule has 1 aromatic carbocycles. The number of halogens is 2. The third-order valence-corrected chi connectivity index (χ3v) is 3.22. The maximum Gasteiger partial charge on any atom is 0.357 e. The zero-order chi connectivity index (χ0) is 12.6. The van der Waals surface area contributed by atoms with Crippen LogP contribution in [0.2, 0.25) is 0 Å². The van der Waals surface area contributed by atoms with Crippen molar-refractivity contribution in [3.05, 3.63) is 40.4 Å². The van der Waals surface area contributed by atoms with Crippen LogP contribution in [0.25, 0.3) is 11.4 Å². The zero-order valence-electron chi connectivity index (χ0n) is 8.82. The fraction of sp³-hybridized carbons (Fsp3) is 0.0909. The Morgan fingerprint density at radius 3 is 2.76 bits per heavy atom. The molecule has 2 aromatic rings. The second-order valence-electron chi connectivity index (χ2n) is 3.45. The van der Waals surface area contributed by atoms with Crippen molar-refractivity contribution < 1.29 is 14.3 Å². The average Bonchev–Trinajstić information content (AvgIpc) is 2.56. The maximum atomic E-state index is 13.1. The second kappa shape index (κ2) is 4.29. The van der Waals surface area contributed by atoms with E-state index in [0.29, 0.717) is 16.0 Å². The number of hydrogen-bond donors (Lipinski definition) is 1. The molecule has 1 N–H and O–H groups in total. The van der Waals surface area contributed by atoms with Gasteiger partial charge in [-0.3, -0.25) is 0 Å². The number of hydrogen-bond acceptors (Lipinski definition) is 2. The van der Waals surface area contributed by atoms with Crippen LogP contribution in [0, 0.1) is 5.82 Å². The lowest BCUT2D eigenvalue weighted by atomic mass is 10.2. The fourth-order valence-electron chi connectivity index (χ4n) is 1.50. The van der Waals surface area contributed by atoms with Crippen molar-refractivity contribution in [3.63, 3.8) is 0 Å². The Kier molecular flexibility index (Phi) is 2.97. The van der Waals surface area contributed by atoms with E-state index < -0.39 is 11.8 Å². The van der Waals surface area contributed by atoms with Crippen molar-refractivity contribution in [1.29, 1.82) is 0 Å². The molecule has 0 aliphatic heterocycles. The van der Waals surface area contributed by atoms with Gasteiger partial charge in [0.25, 0.3) is 0 Å². The van der Waals surface area contributed by atoms with E-state index in [1.54, 1.807) is 23.7 Å². The first kappa shape index (κ1) is 11.8. The van der Waals surface area contributed by atoms with Crippen LogP contribution in [0.15, 0.2) is 28.9 Å². The predicted molar refractivity (Wildman–Crippen MR) is 63.3 cm³/mol. The zero-order valence-corrected chi connectivity index (χ0v) is 10.4. The summed E-state index contributed by atoms with van der Waals surface area (Å²) in [4.78, 5) is 14.9. The Morgan fingerprint density at radius 2 is 2.24 bits per heavy atom. The number of carboxylic acid groups (broad SMARTS) is 1. The number of aromatic carboxylic acids is 1. The molecule has 88 valence electrons. The lowest BCUT2D eigenvalue weighted by molar-refractivity contribution is 0.0690. The number of benzene rings is 1. The Labute approximate surface area is 105 Å². The highest BCUT2D eigenvalue weighted by atomic mass is 79.9. The summed E-state index contributed by atoms with van der Waals surface area (Å²) < 4.78 is 15.0. The van der Waals surface area contributed by atoms with Gasteiger partial charge >= 0.3 is 5.97 Å².